The maximum atomic E-state index is 13.9. The standard InChI is InChI=1S/C23H27FN2O5S/c1-3-25(17-19-6-10-22(30-2)21(24)16-19)23(27)11-7-18-4-8-20(9-5-18)32(28,29)26-12-14-31-15-13-26/h4-11,16H,3,12-15,17H2,1-2H3/b11-7+. The van der Waals surface area contributed by atoms with E-state index >= 15 is 0 Å². The van der Waals surface area contributed by atoms with Gasteiger partial charge in [0.1, 0.15) is 0 Å². The molecule has 0 N–H and O–H groups in total. The summed E-state index contributed by atoms with van der Waals surface area (Å²) in [6, 6.07) is 11.0. The van der Waals surface area contributed by atoms with E-state index in [9.17, 15) is 17.6 Å². The third-order valence-corrected chi connectivity index (χ3v) is 7.10. The van der Waals surface area contributed by atoms with E-state index in [1.54, 1.807) is 29.2 Å². The number of nitrogens with zero attached hydrogens (tertiary/aromatic N) is 2. The molecule has 3 rings (SSSR count). The van der Waals surface area contributed by atoms with Crippen molar-refractivity contribution in [1.29, 1.82) is 0 Å². The Morgan fingerprint density at radius 2 is 1.88 bits per heavy atom. The van der Waals surface area contributed by atoms with Crippen LogP contribution in [-0.2, 0) is 26.1 Å². The van der Waals surface area contributed by atoms with Crippen LogP contribution in [0.15, 0.2) is 53.4 Å². The zero-order valence-corrected chi connectivity index (χ0v) is 19.0. The zero-order valence-electron chi connectivity index (χ0n) is 18.2. The number of morpholine rings is 1. The molecular formula is C23H27FN2O5S. The summed E-state index contributed by atoms with van der Waals surface area (Å²) in [5.41, 5.74) is 1.36. The lowest BCUT2D eigenvalue weighted by Crippen LogP contribution is -2.40. The van der Waals surface area contributed by atoms with Gasteiger partial charge in [0.05, 0.1) is 25.2 Å². The Morgan fingerprint density at radius 3 is 2.47 bits per heavy atom. The van der Waals surface area contributed by atoms with Gasteiger partial charge in [-0.05, 0) is 48.4 Å². The number of hydrogen-bond donors (Lipinski definition) is 0. The van der Waals surface area contributed by atoms with Crippen molar-refractivity contribution in [3.63, 3.8) is 0 Å². The number of benzene rings is 2. The van der Waals surface area contributed by atoms with Crippen molar-refractivity contribution in [2.75, 3.05) is 40.0 Å². The predicted octanol–water partition coefficient (Wildman–Crippen LogP) is 2.92. The molecule has 2 aromatic carbocycles. The van der Waals surface area contributed by atoms with Crippen LogP contribution in [0.3, 0.4) is 0 Å². The summed E-state index contributed by atoms with van der Waals surface area (Å²) in [5.74, 6) is -0.549. The number of hydrogen-bond acceptors (Lipinski definition) is 5. The number of amides is 1. The number of carbonyl (C=O) groups excluding carboxylic acids is 1. The number of rotatable bonds is 8. The number of halogens is 1. The van der Waals surface area contributed by atoms with E-state index in [-0.39, 0.29) is 23.1 Å². The number of likely N-dealkylation sites (N-methyl/N-ethyl adjacent to an activating group) is 1. The first kappa shape index (κ1) is 23.9. The summed E-state index contributed by atoms with van der Waals surface area (Å²) in [5, 5.41) is 0. The maximum absolute atomic E-state index is 13.9. The maximum Gasteiger partial charge on any atom is 0.246 e. The van der Waals surface area contributed by atoms with Crippen molar-refractivity contribution in [3.05, 3.63) is 65.5 Å². The second kappa shape index (κ2) is 10.7. The minimum absolute atomic E-state index is 0.155. The highest BCUT2D eigenvalue weighted by Crippen LogP contribution is 2.20. The normalized spacial score (nSPS) is 15.1. The SMILES string of the molecule is CCN(Cc1ccc(OC)c(F)c1)C(=O)/C=C/c1ccc(S(=O)(=O)N2CCOCC2)cc1. The number of sulfonamides is 1. The van der Waals surface area contributed by atoms with Crippen molar-refractivity contribution in [2.45, 2.75) is 18.4 Å². The Bertz CT molecular complexity index is 1060. The fourth-order valence-electron chi connectivity index (χ4n) is 3.33. The minimum Gasteiger partial charge on any atom is -0.494 e. The molecular weight excluding hydrogens is 435 g/mol. The highest BCUT2D eigenvalue weighted by Gasteiger charge is 2.26. The van der Waals surface area contributed by atoms with Gasteiger partial charge >= 0.3 is 0 Å². The van der Waals surface area contributed by atoms with Crippen LogP contribution in [0.2, 0.25) is 0 Å². The highest BCUT2D eigenvalue weighted by atomic mass is 32.2. The van der Waals surface area contributed by atoms with Crippen molar-refractivity contribution in [3.8, 4) is 5.75 Å². The highest BCUT2D eigenvalue weighted by molar-refractivity contribution is 7.89. The lowest BCUT2D eigenvalue weighted by Gasteiger charge is -2.26. The van der Waals surface area contributed by atoms with E-state index in [1.807, 2.05) is 6.92 Å². The van der Waals surface area contributed by atoms with Gasteiger partial charge in [-0.25, -0.2) is 12.8 Å². The first-order valence-corrected chi connectivity index (χ1v) is 11.8. The van der Waals surface area contributed by atoms with Crippen LogP contribution in [0.25, 0.3) is 6.08 Å². The summed E-state index contributed by atoms with van der Waals surface area (Å²) in [6.45, 7) is 4.01. The van der Waals surface area contributed by atoms with E-state index in [0.29, 0.717) is 44.0 Å². The van der Waals surface area contributed by atoms with Crippen molar-refractivity contribution >= 4 is 22.0 Å². The molecule has 0 spiro atoms. The van der Waals surface area contributed by atoms with Crippen molar-refractivity contribution < 1.29 is 27.1 Å². The third kappa shape index (κ3) is 5.73. The van der Waals surface area contributed by atoms with E-state index in [1.165, 1.54) is 41.8 Å². The van der Waals surface area contributed by atoms with Gasteiger partial charge in [0.25, 0.3) is 0 Å². The van der Waals surface area contributed by atoms with Crippen LogP contribution >= 0.6 is 0 Å². The van der Waals surface area contributed by atoms with E-state index in [4.69, 9.17) is 9.47 Å². The third-order valence-electron chi connectivity index (χ3n) is 5.19. The van der Waals surface area contributed by atoms with Crippen LogP contribution in [-0.4, -0.2) is 63.5 Å². The Hall–Kier alpha value is -2.75. The average molecular weight is 463 g/mol. The van der Waals surface area contributed by atoms with Gasteiger partial charge < -0.3 is 14.4 Å². The fraction of sp³-hybridized carbons (Fsp3) is 0.348. The van der Waals surface area contributed by atoms with Crippen molar-refractivity contribution in [1.82, 2.24) is 9.21 Å². The topological polar surface area (TPSA) is 76.2 Å². The average Bonchev–Trinajstić information content (AvgIpc) is 2.82. The molecule has 9 heteroatoms. The number of methoxy groups -OCH3 is 1. The zero-order chi connectivity index (χ0) is 23.1. The Balaban J connectivity index is 1.65. The van der Waals surface area contributed by atoms with Crippen LogP contribution in [0.1, 0.15) is 18.1 Å². The summed E-state index contributed by atoms with van der Waals surface area (Å²) in [4.78, 5) is 14.4. The minimum atomic E-state index is -3.56. The van der Waals surface area contributed by atoms with Gasteiger partial charge in [0, 0.05) is 32.3 Å². The van der Waals surface area contributed by atoms with Gasteiger partial charge in [-0.3, -0.25) is 4.79 Å². The summed E-state index contributed by atoms with van der Waals surface area (Å²) in [6.07, 6.45) is 3.06. The molecule has 1 heterocycles. The van der Waals surface area contributed by atoms with E-state index < -0.39 is 15.8 Å². The molecule has 2 aromatic rings. The van der Waals surface area contributed by atoms with Gasteiger partial charge in [-0.1, -0.05) is 18.2 Å². The molecule has 0 unspecified atom stereocenters. The van der Waals surface area contributed by atoms with Gasteiger partial charge in [0.15, 0.2) is 11.6 Å². The predicted molar refractivity (Wildman–Crippen MR) is 119 cm³/mol. The Kier molecular flexibility index (Phi) is 8.00. The first-order valence-electron chi connectivity index (χ1n) is 10.3. The summed E-state index contributed by atoms with van der Waals surface area (Å²) in [7, 11) is -2.16. The Morgan fingerprint density at radius 1 is 1.19 bits per heavy atom. The molecule has 1 aliphatic rings. The molecule has 0 radical (unpaired) electrons. The van der Waals surface area contributed by atoms with Crippen LogP contribution in [0, 0.1) is 5.82 Å². The fourth-order valence-corrected chi connectivity index (χ4v) is 4.74. The lowest BCUT2D eigenvalue weighted by atomic mass is 10.2. The molecule has 32 heavy (non-hydrogen) atoms. The molecule has 1 aliphatic heterocycles. The second-order valence-corrected chi connectivity index (χ2v) is 9.18. The smallest absolute Gasteiger partial charge is 0.246 e. The van der Waals surface area contributed by atoms with Crippen LogP contribution in [0.5, 0.6) is 5.75 Å². The van der Waals surface area contributed by atoms with Crippen LogP contribution < -0.4 is 4.74 Å². The van der Waals surface area contributed by atoms with E-state index in [2.05, 4.69) is 0 Å². The molecule has 1 fully saturated rings. The molecule has 7 nitrogen and oxygen atoms in total. The first-order chi connectivity index (χ1) is 15.3. The molecule has 172 valence electrons. The monoisotopic (exact) mass is 462 g/mol. The molecule has 1 amide bonds. The van der Waals surface area contributed by atoms with Gasteiger partial charge in [-0.15, -0.1) is 0 Å². The van der Waals surface area contributed by atoms with Crippen LogP contribution in [0.4, 0.5) is 4.39 Å². The number of carbonyl (C=O) groups is 1. The molecule has 0 aliphatic carbocycles. The van der Waals surface area contributed by atoms with Crippen molar-refractivity contribution in [2.24, 2.45) is 0 Å². The number of ether oxygens (including phenoxy) is 2. The molecule has 0 atom stereocenters. The summed E-state index contributed by atoms with van der Waals surface area (Å²) < 4.78 is 50.8. The summed E-state index contributed by atoms with van der Waals surface area (Å²) >= 11 is 0. The molecule has 0 bridgehead atoms. The Labute approximate surface area is 188 Å². The molecule has 1 saturated heterocycles. The van der Waals surface area contributed by atoms with E-state index in [0.717, 1.165) is 0 Å². The molecule has 0 saturated carbocycles. The largest absolute Gasteiger partial charge is 0.494 e. The molecule has 0 aromatic heterocycles. The lowest BCUT2D eigenvalue weighted by molar-refractivity contribution is -0.126. The van der Waals surface area contributed by atoms with Gasteiger partial charge in [-0.2, -0.15) is 4.31 Å². The quantitative estimate of drug-likeness (QED) is 0.564. The van der Waals surface area contributed by atoms with Gasteiger partial charge in [0.2, 0.25) is 15.9 Å². The second-order valence-electron chi connectivity index (χ2n) is 7.24.